The quantitative estimate of drug-likeness (QED) is 0.731. The summed E-state index contributed by atoms with van der Waals surface area (Å²) in [4.78, 5) is 25.7. The van der Waals surface area contributed by atoms with Crippen molar-refractivity contribution in [2.24, 2.45) is 11.3 Å². The molecule has 5 heteroatoms. The standard InChI is InChI=1S/C26H29NO4/c28-24(29)15-18-9-11-26(12-10-18)13-14-27(17-26)25(30)31-16-23-21-7-3-1-5-19(21)20-6-2-4-8-22(20)23/h1-8,18,23H,9-17H2,(H,28,29). The largest absolute Gasteiger partial charge is 0.481 e. The van der Waals surface area contributed by atoms with Gasteiger partial charge in [-0.05, 0) is 65.7 Å². The molecule has 1 heterocycles. The van der Waals surface area contributed by atoms with E-state index in [1.54, 1.807) is 0 Å². The molecule has 1 amide bonds. The molecule has 1 saturated carbocycles. The summed E-state index contributed by atoms with van der Waals surface area (Å²) in [6.07, 6.45) is 4.97. The molecular formula is C26H29NO4. The Morgan fingerprint density at radius 2 is 1.58 bits per heavy atom. The van der Waals surface area contributed by atoms with Gasteiger partial charge in [0.2, 0.25) is 0 Å². The van der Waals surface area contributed by atoms with Crippen molar-refractivity contribution in [3.8, 4) is 11.1 Å². The van der Waals surface area contributed by atoms with E-state index >= 15 is 0 Å². The van der Waals surface area contributed by atoms with E-state index in [9.17, 15) is 9.59 Å². The molecule has 2 aromatic rings. The maximum atomic E-state index is 12.9. The van der Waals surface area contributed by atoms with Gasteiger partial charge in [-0.3, -0.25) is 4.79 Å². The Balaban J connectivity index is 1.20. The van der Waals surface area contributed by atoms with E-state index in [-0.39, 0.29) is 29.8 Å². The number of hydrogen-bond acceptors (Lipinski definition) is 3. The number of ether oxygens (including phenoxy) is 1. The van der Waals surface area contributed by atoms with Crippen LogP contribution in [-0.2, 0) is 9.53 Å². The SMILES string of the molecule is O=C(O)CC1CCC2(CC1)CCN(C(=O)OCC1c3ccccc3-c3ccccc31)C2. The molecule has 0 radical (unpaired) electrons. The topological polar surface area (TPSA) is 66.8 Å². The monoisotopic (exact) mass is 419 g/mol. The van der Waals surface area contributed by atoms with E-state index in [1.807, 2.05) is 17.0 Å². The fourth-order valence-corrected chi connectivity index (χ4v) is 5.93. The number of carboxylic acids is 1. The number of carbonyl (C=O) groups is 2. The van der Waals surface area contributed by atoms with Crippen LogP contribution in [0.2, 0.25) is 0 Å². The van der Waals surface area contributed by atoms with E-state index in [0.29, 0.717) is 6.61 Å². The number of likely N-dealkylation sites (tertiary alicyclic amines) is 1. The van der Waals surface area contributed by atoms with Crippen molar-refractivity contribution in [1.29, 1.82) is 0 Å². The molecule has 0 bridgehead atoms. The third-order valence-corrected chi connectivity index (χ3v) is 7.66. The Labute approximate surface area is 183 Å². The van der Waals surface area contributed by atoms with Crippen molar-refractivity contribution in [2.75, 3.05) is 19.7 Å². The van der Waals surface area contributed by atoms with Crippen LogP contribution in [0.4, 0.5) is 4.79 Å². The molecule has 3 aliphatic rings. The molecule has 0 atom stereocenters. The lowest BCUT2D eigenvalue weighted by atomic mass is 9.69. The smallest absolute Gasteiger partial charge is 0.409 e. The highest BCUT2D eigenvalue weighted by Crippen LogP contribution is 2.47. The van der Waals surface area contributed by atoms with Gasteiger partial charge in [0.25, 0.3) is 0 Å². The van der Waals surface area contributed by atoms with Gasteiger partial charge < -0.3 is 14.7 Å². The normalized spacial score (nSPS) is 24.8. The maximum Gasteiger partial charge on any atom is 0.409 e. The fraction of sp³-hybridized carbons (Fsp3) is 0.462. The molecule has 2 fully saturated rings. The van der Waals surface area contributed by atoms with Gasteiger partial charge in [-0.25, -0.2) is 4.79 Å². The second kappa shape index (κ2) is 8.03. The average Bonchev–Trinajstić information content (AvgIpc) is 3.33. The van der Waals surface area contributed by atoms with Gasteiger partial charge in [0.05, 0.1) is 0 Å². The summed E-state index contributed by atoms with van der Waals surface area (Å²) in [7, 11) is 0. The summed E-state index contributed by atoms with van der Waals surface area (Å²) in [5.41, 5.74) is 5.08. The molecule has 5 nitrogen and oxygen atoms in total. The molecule has 0 aromatic heterocycles. The molecule has 162 valence electrons. The molecule has 0 unspecified atom stereocenters. The van der Waals surface area contributed by atoms with Crippen molar-refractivity contribution in [3.63, 3.8) is 0 Å². The van der Waals surface area contributed by atoms with Gasteiger partial charge in [0.1, 0.15) is 6.61 Å². The number of carboxylic acid groups (broad SMARTS) is 1. The van der Waals surface area contributed by atoms with Gasteiger partial charge in [-0.15, -0.1) is 0 Å². The first kappa shape index (κ1) is 20.1. The maximum absolute atomic E-state index is 12.9. The second-order valence-corrected chi connectivity index (χ2v) is 9.52. The number of benzene rings is 2. The number of amides is 1. The van der Waals surface area contributed by atoms with Gasteiger partial charge in [-0.1, -0.05) is 48.5 Å². The minimum atomic E-state index is -0.701. The van der Waals surface area contributed by atoms with Crippen molar-refractivity contribution in [2.45, 2.75) is 44.4 Å². The van der Waals surface area contributed by atoms with E-state index < -0.39 is 5.97 Å². The first-order valence-corrected chi connectivity index (χ1v) is 11.4. The van der Waals surface area contributed by atoms with E-state index in [1.165, 1.54) is 22.3 Å². The first-order valence-electron chi connectivity index (χ1n) is 11.4. The van der Waals surface area contributed by atoms with Crippen LogP contribution in [-0.4, -0.2) is 41.8 Å². The van der Waals surface area contributed by atoms with Crippen LogP contribution in [0.5, 0.6) is 0 Å². The third-order valence-electron chi connectivity index (χ3n) is 7.66. The van der Waals surface area contributed by atoms with Crippen LogP contribution in [0, 0.1) is 11.3 Å². The van der Waals surface area contributed by atoms with Gasteiger partial charge in [0.15, 0.2) is 0 Å². The predicted molar refractivity (Wildman–Crippen MR) is 118 cm³/mol. The van der Waals surface area contributed by atoms with Crippen molar-refractivity contribution < 1.29 is 19.4 Å². The zero-order valence-electron chi connectivity index (χ0n) is 17.8. The van der Waals surface area contributed by atoms with E-state index in [2.05, 4.69) is 36.4 Å². The third kappa shape index (κ3) is 3.82. The summed E-state index contributed by atoms with van der Waals surface area (Å²) >= 11 is 0. The molecule has 2 aliphatic carbocycles. The molecule has 1 N–H and O–H groups in total. The summed E-state index contributed by atoms with van der Waals surface area (Å²) in [5.74, 6) is -0.335. The van der Waals surface area contributed by atoms with Crippen LogP contribution >= 0.6 is 0 Å². The van der Waals surface area contributed by atoms with Gasteiger partial charge >= 0.3 is 12.1 Å². The van der Waals surface area contributed by atoms with Crippen LogP contribution in [0.3, 0.4) is 0 Å². The van der Waals surface area contributed by atoms with Crippen LogP contribution in [0.1, 0.15) is 55.6 Å². The number of carbonyl (C=O) groups excluding carboxylic acids is 1. The Hall–Kier alpha value is -2.82. The van der Waals surface area contributed by atoms with E-state index in [0.717, 1.165) is 45.2 Å². The highest BCUT2D eigenvalue weighted by Gasteiger charge is 2.43. The number of nitrogens with zero attached hydrogens (tertiary/aromatic N) is 1. The number of hydrogen-bond donors (Lipinski definition) is 1. The molecule has 1 saturated heterocycles. The zero-order chi connectivity index (χ0) is 21.4. The van der Waals surface area contributed by atoms with E-state index in [4.69, 9.17) is 9.84 Å². The minimum absolute atomic E-state index is 0.0828. The first-order chi connectivity index (χ1) is 15.0. The van der Waals surface area contributed by atoms with Gasteiger partial charge in [0, 0.05) is 25.4 Å². The van der Waals surface area contributed by atoms with Gasteiger partial charge in [-0.2, -0.15) is 0 Å². The molecule has 31 heavy (non-hydrogen) atoms. The summed E-state index contributed by atoms with van der Waals surface area (Å²) in [6, 6.07) is 16.7. The lowest BCUT2D eigenvalue weighted by molar-refractivity contribution is -0.138. The molecular weight excluding hydrogens is 390 g/mol. The summed E-state index contributed by atoms with van der Waals surface area (Å²) < 4.78 is 5.84. The molecule has 2 aromatic carbocycles. The Morgan fingerprint density at radius 3 is 2.19 bits per heavy atom. The van der Waals surface area contributed by atoms with Crippen molar-refractivity contribution in [1.82, 2.24) is 4.90 Å². The number of aliphatic carboxylic acids is 1. The fourth-order valence-electron chi connectivity index (χ4n) is 5.93. The van der Waals surface area contributed by atoms with Crippen LogP contribution in [0.25, 0.3) is 11.1 Å². The Morgan fingerprint density at radius 1 is 0.968 bits per heavy atom. The minimum Gasteiger partial charge on any atom is -0.481 e. The Kier molecular flexibility index (Phi) is 5.20. The average molecular weight is 420 g/mol. The molecule has 5 rings (SSSR count). The van der Waals surface area contributed by atoms with Crippen LogP contribution < -0.4 is 0 Å². The second-order valence-electron chi connectivity index (χ2n) is 9.52. The lowest BCUT2D eigenvalue weighted by Gasteiger charge is -2.36. The highest BCUT2D eigenvalue weighted by atomic mass is 16.6. The predicted octanol–water partition coefficient (Wildman–Crippen LogP) is 5.29. The van der Waals surface area contributed by atoms with Crippen molar-refractivity contribution in [3.05, 3.63) is 59.7 Å². The zero-order valence-corrected chi connectivity index (χ0v) is 17.8. The number of rotatable bonds is 4. The Bertz CT molecular complexity index is 947. The highest BCUT2D eigenvalue weighted by molar-refractivity contribution is 5.79. The van der Waals surface area contributed by atoms with Crippen molar-refractivity contribution >= 4 is 12.1 Å². The lowest BCUT2D eigenvalue weighted by Crippen LogP contribution is -2.35. The molecule has 1 aliphatic heterocycles. The summed E-state index contributed by atoms with van der Waals surface area (Å²) in [6.45, 7) is 1.83. The number of fused-ring (bicyclic) bond motifs is 3. The summed E-state index contributed by atoms with van der Waals surface area (Å²) in [5, 5.41) is 9.04. The van der Waals surface area contributed by atoms with Crippen LogP contribution in [0.15, 0.2) is 48.5 Å². The molecule has 1 spiro atoms.